The van der Waals surface area contributed by atoms with Crippen molar-refractivity contribution in [1.82, 2.24) is 9.88 Å². The van der Waals surface area contributed by atoms with Crippen LogP contribution in [0.2, 0.25) is 0 Å². The van der Waals surface area contributed by atoms with E-state index in [4.69, 9.17) is 4.98 Å². The van der Waals surface area contributed by atoms with Crippen LogP contribution in [0, 0.1) is 5.92 Å². The minimum absolute atomic E-state index is 0.508. The first-order valence-electron chi connectivity index (χ1n) is 11.7. The Balaban J connectivity index is 1.19. The fourth-order valence-corrected chi connectivity index (χ4v) is 5.16. The molecule has 2 aliphatic rings. The number of rotatable bonds is 9. The number of fused-ring (bicyclic) bond motifs is 1. The van der Waals surface area contributed by atoms with E-state index in [0.717, 1.165) is 37.9 Å². The quantitative estimate of drug-likeness (QED) is 0.581. The van der Waals surface area contributed by atoms with Crippen LogP contribution in [0.4, 0.5) is 0 Å². The van der Waals surface area contributed by atoms with Gasteiger partial charge in [0, 0.05) is 17.9 Å². The molecule has 0 bridgehead atoms. The lowest BCUT2D eigenvalue weighted by molar-refractivity contribution is -0.143. The highest BCUT2D eigenvalue weighted by Crippen LogP contribution is 2.30. The number of nitrogens with zero attached hydrogens (tertiary/aromatic N) is 2. The van der Waals surface area contributed by atoms with Gasteiger partial charge in [-0.2, -0.15) is 0 Å². The largest absolute Gasteiger partial charge is 0.480 e. The first kappa shape index (κ1) is 21.0. The number of aliphatic carboxylic acids is 1. The van der Waals surface area contributed by atoms with Crippen molar-refractivity contribution in [2.24, 2.45) is 5.92 Å². The van der Waals surface area contributed by atoms with Gasteiger partial charge in [0.1, 0.15) is 6.04 Å². The number of likely N-dealkylation sites (tertiary alicyclic amines) is 1. The van der Waals surface area contributed by atoms with Crippen molar-refractivity contribution < 1.29 is 9.90 Å². The smallest absolute Gasteiger partial charge is 0.325 e. The lowest BCUT2D eigenvalue weighted by Gasteiger charge is -2.24. The average molecular weight is 407 g/mol. The molecule has 0 radical (unpaired) electrons. The van der Waals surface area contributed by atoms with Crippen LogP contribution in [-0.4, -0.2) is 34.0 Å². The topological polar surface area (TPSA) is 53.4 Å². The molecule has 2 atom stereocenters. The first-order valence-corrected chi connectivity index (χ1v) is 11.7. The predicted octanol–water partition coefficient (Wildman–Crippen LogP) is 5.21. The number of aryl methyl sites for hydroxylation is 3. The number of benzene rings is 1. The van der Waals surface area contributed by atoms with Crippen molar-refractivity contribution in [3.05, 3.63) is 65.0 Å². The Morgan fingerprint density at radius 1 is 1.07 bits per heavy atom. The van der Waals surface area contributed by atoms with Gasteiger partial charge in [-0.3, -0.25) is 14.7 Å². The lowest BCUT2D eigenvalue weighted by Crippen LogP contribution is -2.32. The monoisotopic (exact) mass is 406 g/mol. The molecule has 1 aromatic carbocycles. The number of carboxylic acids is 1. The van der Waals surface area contributed by atoms with Crippen LogP contribution < -0.4 is 0 Å². The van der Waals surface area contributed by atoms with E-state index in [9.17, 15) is 9.90 Å². The molecule has 160 valence electrons. The second-order valence-corrected chi connectivity index (χ2v) is 9.02. The molecule has 2 heterocycles. The molecule has 1 aromatic heterocycles. The molecule has 4 nitrogen and oxygen atoms in total. The summed E-state index contributed by atoms with van der Waals surface area (Å²) >= 11 is 0. The standard InChI is InChI=1S/C26H34N2O2/c29-26(30)25(22-11-4-2-5-12-22)28-18-17-20(19-28)9-3-1-6-13-23-16-15-21-10-7-8-14-24(21)27-23/h2,4-5,11-12,15-16,20,25H,1,3,6-10,13-14,17-19H2,(H,29,30)/t20-,25-/m1/s1. The molecular weight excluding hydrogens is 372 g/mol. The van der Waals surface area contributed by atoms with Gasteiger partial charge >= 0.3 is 5.97 Å². The number of carboxylic acid groups (broad SMARTS) is 1. The molecule has 4 rings (SSSR count). The van der Waals surface area contributed by atoms with Crippen LogP contribution in [0.25, 0.3) is 0 Å². The Labute approximate surface area is 180 Å². The normalized spacial score (nSPS) is 20.1. The second-order valence-electron chi connectivity index (χ2n) is 9.02. The molecule has 1 saturated heterocycles. The minimum Gasteiger partial charge on any atom is -0.480 e. The molecule has 2 aromatic rings. The number of hydrogen-bond acceptors (Lipinski definition) is 3. The fourth-order valence-electron chi connectivity index (χ4n) is 5.16. The zero-order valence-corrected chi connectivity index (χ0v) is 17.9. The number of carbonyl (C=O) groups is 1. The van der Waals surface area contributed by atoms with E-state index in [0.29, 0.717) is 5.92 Å². The molecule has 0 amide bonds. The van der Waals surface area contributed by atoms with Crippen LogP contribution >= 0.6 is 0 Å². The van der Waals surface area contributed by atoms with Crippen molar-refractivity contribution in [3.8, 4) is 0 Å². The SMILES string of the molecule is O=C(O)[C@@H](c1ccccc1)N1CC[C@@H](CCCCCc2ccc3c(n2)CCCC3)C1. The maximum absolute atomic E-state index is 11.9. The van der Waals surface area contributed by atoms with E-state index < -0.39 is 12.0 Å². The Hall–Kier alpha value is -2.20. The van der Waals surface area contributed by atoms with Gasteiger partial charge in [-0.15, -0.1) is 0 Å². The lowest BCUT2D eigenvalue weighted by atomic mass is 9.95. The minimum atomic E-state index is -0.737. The highest BCUT2D eigenvalue weighted by Gasteiger charge is 2.33. The van der Waals surface area contributed by atoms with E-state index in [-0.39, 0.29) is 0 Å². The van der Waals surface area contributed by atoms with E-state index in [1.165, 1.54) is 61.9 Å². The van der Waals surface area contributed by atoms with Gasteiger partial charge in [0.15, 0.2) is 0 Å². The fraction of sp³-hybridized carbons (Fsp3) is 0.538. The molecule has 0 unspecified atom stereocenters. The van der Waals surface area contributed by atoms with Crippen molar-refractivity contribution in [3.63, 3.8) is 0 Å². The molecule has 1 fully saturated rings. The maximum Gasteiger partial charge on any atom is 0.325 e. The van der Waals surface area contributed by atoms with Gasteiger partial charge < -0.3 is 5.11 Å². The summed E-state index contributed by atoms with van der Waals surface area (Å²) in [5.74, 6) is -0.114. The van der Waals surface area contributed by atoms with Gasteiger partial charge in [0.25, 0.3) is 0 Å². The van der Waals surface area contributed by atoms with Crippen LogP contribution in [-0.2, 0) is 24.1 Å². The summed E-state index contributed by atoms with van der Waals surface area (Å²) in [6.07, 6.45) is 12.0. The highest BCUT2D eigenvalue weighted by atomic mass is 16.4. The van der Waals surface area contributed by atoms with Gasteiger partial charge in [0.2, 0.25) is 0 Å². The molecule has 30 heavy (non-hydrogen) atoms. The van der Waals surface area contributed by atoms with Crippen molar-refractivity contribution in [1.29, 1.82) is 0 Å². The number of pyridine rings is 1. The summed E-state index contributed by atoms with van der Waals surface area (Å²) in [5, 5.41) is 9.75. The third-order valence-corrected chi connectivity index (χ3v) is 6.81. The number of unbranched alkanes of at least 4 members (excludes halogenated alkanes) is 2. The molecule has 4 heteroatoms. The van der Waals surface area contributed by atoms with Crippen molar-refractivity contribution in [2.75, 3.05) is 13.1 Å². The maximum atomic E-state index is 11.9. The number of aromatic nitrogens is 1. The predicted molar refractivity (Wildman–Crippen MR) is 120 cm³/mol. The highest BCUT2D eigenvalue weighted by molar-refractivity contribution is 5.75. The summed E-state index contributed by atoms with van der Waals surface area (Å²) < 4.78 is 0. The average Bonchev–Trinajstić information content (AvgIpc) is 3.22. The second kappa shape index (κ2) is 10.2. The summed E-state index contributed by atoms with van der Waals surface area (Å²) in [5.41, 5.74) is 4.96. The van der Waals surface area contributed by atoms with E-state index in [2.05, 4.69) is 17.0 Å². The van der Waals surface area contributed by atoms with Gasteiger partial charge in [0.05, 0.1) is 0 Å². The molecule has 1 aliphatic heterocycles. The zero-order chi connectivity index (χ0) is 20.8. The molecule has 1 N–H and O–H groups in total. The summed E-state index contributed by atoms with van der Waals surface area (Å²) in [7, 11) is 0. The molecular formula is C26H34N2O2. The molecule has 0 spiro atoms. The van der Waals surface area contributed by atoms with Crippen molar-refractivity contribution in [2.45, 2.75) is 70.3 Å². The Morgan fingerprint density at radius 3 is 2.73 bits per heavy atom. The summed E-state index contributed by atoms with van der Waals surface area (Å²) in [4.78, 5) is 18.9. The zero-order valence-electron chi connectivity index (χ0n) is 17.9. The Bertz CT molecular complexity index is 836. The molecule has 1 aliphatic carbocycles. The van der Waals surface area contributed by atoms with Crippen molar-refractivity contribution >= 4 is 5.97 Å². The summed E-state index contributed by atoms with van der Waals surface area (Å²) in [6, 6.07) is 13.7. The van der Waals surface area contributed by atoms with Crippen LogP contribution in [0.3, 0.4) is 0 Å². The molecule has 0 saturated carbocycles. The van der Waals surface area contributed by atoms with Crippen LogP contribution in [0.5, 0.6) is 0 Å². The van der Waals surface area contributed by atoms with Gasteiger partial charge in [-0.05, 0) is 81.0 Å². The van der Waals surface area contributed by atoms with E-state index in [1.807, 2.05) is 30.3 Å². The number of hydrogen-bond donors (Lipinski definition) is 1. The Morgan fingerprint density at radius 2 is 1.90 bits per heavy atom. The van der Waals surface area contributed by atoms with E-state index in [1.54, 1.807) is 0 Å². The third kappa shape index (κ3) is 5.28. The summed E-state index contributed by atoms with van der Waals surface area (Å²) in [6.45, 7) is 1.79. The van der Waals surface area contributed by atoms with Gasteiger partial charge in [-0.25, -0.2) is 0 Å². The van der Waals surface area contributed by atoms with Crippen LogP contribution in [0.15, 0.2) is 42.5 Å². The Kier molecular flexibility index (Phi) is 7.16. The van der Waals surface area contributed by atoms with Crippen LogP contribution in [0.1, 0.15) is 73.5 Å². The van der Waals surface area contributed by atoms with E-state index >= 15 is 0 Å². The third-order valence-electron chi connectivity index (χ3n) is 6.81. The van der Waals surface area contributed by atoms with Gasteiger partial charge in [-0.1, -0.05) is 49.2 Å². The first-order chi connectivity index (χ1) is 14.7.